The summed E-state index contributed by atoms with van der Waals surface area (Å²) in [6, 6.07) is 5.99. The number of ether oxygens (including phenoxy) is 1. The van der Waals surface area contributed by atoms with Gasteiger partial charge in [-0.05, 0) is 30.9 Å². The smallest absolute Gasteiger partial charge is 0.228 e. The number of amides is 2. The second-order valence-corrected chi connectivity index (χ2v) is 5.68. The molecular formula is C17H24N2O3. The van der Waals surface area contributed by atoms with E-state index < -0.39 is 0 Å². The molecule has 0 heterocycles. The minimum Gasteiger partial charge on any atom is -0.383 e. The highest BCUT2D eigenvalue weighted by molar-refractivity contribution is 6.00. The second kappa shape index (κ2) is 7.40. The summed E-state index contributed by atoms with van der Waals surface area (Å²) in [5.41, 5.74) is 3.06. The van der Waals surface area contributed by atoms with Crippen LogP contribution in [0, 0.1) is 18.8 Å². The molecular weight excluding hydrogens is 280 g/mol. The maximum Gasteiger partial charge on any atom is 0.228 e. The Hall–Kier alpha value is -1.88. The van der Waals surface area contributed by atoms with Crippen LogP contribution in [0.15, 0.2) is 18.2 Å². The molecule has 0 saturated heterocycles. The van der Waals surface area contributed by atoms with Crippen LogP contribution >= 0.6 is 0 Å². The van der Waals surface area contributed by atoms with Crippen molar-refractivity contribution in [1.82, 2.24) is 5.32 Å². The lowest BCUT2D eigenvalue weighted by molar-refractivity contribution is -0.125. The zero-order valence-electron chi connectivity index (χ0n) is 13.4. The molecule has 2 rings (SSSR count). The van der Waals surface area contributed by atoms with Crippen LogP contribution in [0.25, 0.3) is 0 Å². The van der Waals surface area contributed by atoms with Crippen LogP contribution in [0.3, 0.4) is 0 Å². The van der Waals surface area contributed by atoms with Gasteiger partial charge in [0.1, 0.15) is 0 Å². The van der Waals surface area contributed by atoms with Gasteiger partial charge in [0.2, 0.25) is 11.8 Å². The van der Waals surface area contributed by atoms with Gasteiger partial charge in [-0.1, -0.05) is 25.1 Å². The topological polar surface area (TPSA) is 67.4 Å². The van der Waals surface area contributed by atoms with Gasteiger partial charge in [-0.15, -0.1) is 0 Å². The maximum absolute atomic E-state index is 12.3. The van der Waals surface area contributed by atoms with Gasteiger partial charge in [-0.3, -0.25) is 9.59 Å². The zero-order valence-corrected chi connectivity index (χ0v) is 13.4. The first-order valence-electron chi connectivity index (χ1n) is 7.74. The Morgan fingerprint density at radius 3 is 2.68 bits per heavy atom. The van der Waals surface area contributed by atoms with Gasteiger partial charge >= 0.3 is 0 Å². The highest BCUT2D eigenvalue weighted by Gasteiger charge is 2.48. The first-order chi connectivity index (χ1) is 10.6. The van der Waals surface area contributed by atoms with Gasteiger partial charge in [0.15, 0.2) is 0 Å². The van der Waals surface area contributed by atoms with Gasteiger partial charge in [0.05, 0.1) is 18.4 Å². The molecule has 0 aliphatic heterocycles. The van der Waals surface area contributed by atoms with E-state index in [-0.39, 0.29) is 23.7 Å². The summed E-state index contributed by atoms with van der Waals surface area (Å²) >= 11 is 0. The quantitative estimate of drug-likeness (QED) is 0.756. The molecule has 1 aromatic rings. The van der Waals surface area contributed by atoms with E-state index >= 15 is 0 Å². The molecule has 22 heavy (non-hydrogen) atoms. The number of hydrogen-bond donors (Lipinski definition) is 2. The lowest BCUT2D eigenvalue weighted by Crippen LogP contribution is -2.30. The van der Waals surface area contributed by atoms with Gasteiger partial charge in [-0.25, -0.2) is 0 Å². The molecule has 0 bridgehead atoms. The first kappa shape index (κ1) is 16.5. The van der Waals surface area contributed by atoms with Gasteiger partial charge in [0.25, 0.3) is 0 Å². The molecule has 2 atom stereocenters. The van der Waals surface area contributed by atoms with Crippen molar-refractivity contribution in [3.63, 3.8) is 0 Å². The predicted octanol–water partition coefficient (Wildman–Crippen LogP) is 1.89. The molecule has 2 N–H and O–H groups in total. The van der Waals surface area contributed by atoms with E-state index in [2.05, 4.69) is 17.6 Å². The number of carbonyl (C=O) groups is 2. The van der Waals surface area contributed by atoms with Crippen molar-refractivity contribution in [3.05, 3.63) is 29.3 Å². The molecule has 0 radical (unpaired) electrons. The molecule has 120 valence electrons. The van der Waals surface area contributed by atoms with Crippen LogP contribution < -0.4 is 10.6 Å². The van der Waals surface area contributed by atoms with Crippen molar-refractivity contribution < 1.29 is 14.3 Å². The molecule has 1 fully saturated rings. The number of hydrogen-bond acceptors (Lipinski definition) is 3. The molecule has 5 nitrogen and oxygen atoms in total. The third kappa shape index (κ3) is 3.85. The average Bonchev–Trinajstić information content (AvgIpc) is 3.30. The number of rotatable bonds is 7. The van der Waals surface area contributed by atoms with Gasteiger partial charge in [0, 0.05) is 19.3 Å². The van der Waals surface area contributed by atoms with Gasteiger partial charge in [-0.2, -0.15) is 0 Å². The summed E-state index contributed by atoms with van der Waals surface area (Å²) in [5.74, 6) is -0.536. The van der Waals surface area contributed by atoms with E-state index in [9.17, 15) is 9.59 Å². The standard InChI is InChI=1S/C17H24N2O3/c1-4-12-7-5-6-11(2)15(12)19-17(21)14-10-13(14)16(20)18-8-9-22-3/h5-7,13-14H,4,8-10H2,1-3H3,(H,18,20)(H,19,21). The number of benzene rings is 1. The summed E-state index contributed by atoms with van der Waals surface area (Å²) in [5, 5.41) is 5.78. The molecule has 1 saturated carbocycles. The van der Waals surface area contributed by atoms with E-state index in [0.717, 1.165) is 23.2 Å². The van der Waals surface area contributed by atoms with E-state index in [0.29, 0.717) is 19.6 Å². The summed E-state index contributed by atoms with van der Waals surface area (Å²) in [6.45, 7) is 5.01. The summed E-state index contributed by atoms with van der Waals surface area (Å²) in [7, 11) is 1.59. The Labute approximate surface area is 131 Å². The highest BCUT2D eigenvalue weighted by atomic mass is 16.5. The third-order valence-corrected chi connectivity index (χ3v) is 4.06. The van der Waals surface area contributed by atoms with Crippen molar-refractivity contribution >= 4 is 17.5 Å². The zero-order chi connectivity index (χ0) is 16.1. The van der Waals surface area contributed by atoms with Gasteiger partial charge < -0.3 is 15.4 Å². The Morgan fingerprint density at radius 1 is 1.27 bits per heavy atom. The summed E-state index contributed by atoms with van der Waals surface area (Å²) < 4.78 is 4.89. The normalized spacial score (nSPS) is 19.6. The van der Waals surface area contributed by atoms with Crippen LogP contribution in [-0.4, -0.2) is 32.1 Å². The maximum atomic E-state index is 12.3. The summed E-state index contributed by atoms with van der Waals surface area (Å²) in [4.78, 5) is 24.2. The Kier molecular flexibility index (Phi) is 5.55. The molecule has 0 spiro atoms. The molecule has 2 unspecified atom stereocenters. The van der Waals surface area contributed by atoms with Crippen LogP contribution in [0.1, 0.15) is 24.5 Å². The first-order valence-corrected chi connectivity index (χ1v) is 7.74. The largest absolute Gasteiger partial charge is 0.383 e. The third-order valence-electron chi connectivity index (χ3n) is 4.06. The Bertz CT molecular complexity index is 557. The molecule has 5 heteroatoms. The van der Waals surface area contributed by atoms with Crippen molar-refractivity contribution in [2.75, 3.05) is 25.6 Å². The molecule has 2 amide bonds. The number of nitrogens with one attached hydrogen (secondary N) is 2. The minimum atomic E-state index is -0.216. The number of anilines is 1. The SMILES string of the molecule is CCc1cccc(C)c1NC(=O)C1CC1C(=O)NCCOC. The molecule has 1 aliphatic carbocycles. The molecule has 1 aromatic carbocycles. The fourth-order valence-electron chi connectivity index (χ4n) is 2.60. The lowest BCUT2D eigenvalue weighted by atomic mass is 10.1. The number of carbonyl (C=O) groups excluding carboxylic acids is 2. The van der Waals surface area contributed by atoms with Crippen molar-refractivity contribution in [2.45, 2.75) is 26.7 Å². The molecule has 0 aromatic heterocycles. The van der Waals surface area contributed by atoms with E-state index in [4.69, 9.17) is 4.74 Å². The molecule has 1 aliphatic rings. The average molecular weight is 304 g/mol. The van der Waals surface area contributed by atoms with Crippen molar-refractivity contribution in [1.29, 1.82) is 0 Å². The van der Waals surface area contributed by atoms with Crippen LogP contribution in [-0.2, 0) is 20.7 Å². The second-order valence-electron chi connectivity index (χ2n) is 5.68. The minimum absolute atomic E-state index is 0.0577. The Morgan fingerprint density at radius 2 is 2.00 bits per heavy atom. The predicted molar refractivity (Wildman–Crippen MR) is 85.7 cm³/mol. The highest BCUT2D eigenvalue weighted by Crippen LogP contribution is 2.40. The number of methoxy groups -OCH3 is 1. The van der Waals surface area contributed by atoms with Crippen molar-refractivity contribution in [2.24, 2.45) is 11.8 Å². The fourth-order valence-corrected chi connectivity index (χ4v) is 2.60. The van der Waals surface area contributed by atoms with Crippen LogP contribution in [0.5, 0.6) is 0 Å². The fraction of sp³-hybridized carbons (Fsp3) is 0.529. The monoisotopic (exact) mass is 304 g/mol. The van der Waals surface area contributed by atoms with E-state index in [1.165, 1.54) is 0 Å². The van der Waals surface area contributed by atoms with Crippen LogP contribution in [0.4, 0.5) is 5.69 Å². The van der Waals surface area contributed by atoms with E-state index in [1.807, 2.05) is 25.1 Å². The number of para-hydroxylation sites is 1. The lowest BCUT2D eigenvalue weighted by Gasteiger charge is -2.13. The number of aryl methyl sites for hydroxylation is 2. The van der Waals surface area contributed by atoms with Crippen molar-refractivity contribution in [3.8, 4) is 0 Å². The summed E-state index contributed by atoms with van der Waals surface area (Å²) in [6.07, 6.45) is 1.49. The van der Waals surface area contributed by atoms with Crippen LogP contribution in [0.2, 0.25) is 0 Å². The Balaban J connectivity index is 1.91. The van der Waals surface area contributed by atoms with E-state index in [1.54, 1.807) is 7.11 Å².